The SMILES string of the molecule is OC[C@H](Cc1ccccc1)NCc1ccco1. The highest BCUT2D eigenvalue weighted by Crippen LogP contribution is 2.05. The fraction of sp³-hybridized carbons (Fsp3) is 0.286. The highest BCUT2D eigenvalue weighted by Gasteiger charge is 2.08. The van der Waals surface area contributed by atoms with Gasteiger partial charge in [-0.25, -0.2) is 0 Å². The summed E-state index contributed by atoms with van der Waals surface area (Å²) in [6.07, 6.45) is 2.47. The van der Waals surface area contributed by atoms with Crippen LogP contribution in [0.3, 0.4) is 0 Å². The van der Waals surface area contributed by atoms with Crippen molar-refractivity contribution in [2.24, 2.45) is 0 Å². The smallest absolute Gasteiger partial charge is 0.117 e. The van der Waals surface area contributed by atoms with Gasteiger partial charge in [0.25, 0.3) is 0 Å². The molecule has 1 aromatic carbocycles. The largest absolute Gasteiger partial charge is 0.468 e. The fourth-order valence-corrected chi connectivity index (χ4v) is 1.76. The van der Waals surface area contributed by atoms with Crippen molar-refractivity contribution in [2.75, 3.05) is 6.61 Å². The molecule has 90 valence electrons. The maximum atomic E-state index is 9.32. The lowest BCUT2D eigenvalue weighted by atomic mass is 10.1. The molecule has 0 radical (unpaired) electrons. The van der Waals surface area contributed by atoms with Gasteiger partial charge in [-0.1, -0.05) is 30.3 Å². The van der Waals surface area contributed by atoms with E-state index < -0.39 is 0 Å². The van der Waals surface area contributed by atoms with Crippen molar-refractivity contribution in [2.45, 2.75) is 19.0 Å². The number of furan rings is 1. The lowest BCUT2D eigenvalue weighted by molar-refractivity contribution is 0.238. The summed E-state index contributed by atoms with van der Waals surface area (Å²) in [7, 11) is 0. The first-order chi connectivity index (χ1) is 8.38. The molecule has 0 saturated carbocycles. The summed E-state index contributed by atoms with van der Waals surface area (Å²) in [5.41, 5.74) is 1.22. The van der Waals surface area contributed by atoms with Gasteiger partial charge in [0, 0.05) is 6.04 Å². The maximum Gasteiger partial charge on any atom is 0.117 e. The molecular weight excluding hydrogens is 214 g/mol. The van der Waals surface area contributed by atoms with Gasteiger partial charge in [-0.2, -0.15) is 0 Å². The Labute approximate surface area is 101 Å². The molecule has 2 aromatic rings. The molecule has 0 aliphatic rings. The molecule has 2 rings (SSSR count). The van der Waals surface area contributed by atoms with E-state index in [0.29, 0.717) is 6.54 Å². The molecule has 0 aliphatic carbocycles. The molecule has 3 nitrogen and oxygen atoms in total. The van der Waals surface area contributed by atoms with Crippen molar-refractivity contribution in [3.05, 3.63) is 60.1 Å². The van der Waals surface area contributed by atoms with Gasteiger partial charge in [-0.3, -0.25) is 0 Å². The molecule has 1 atom stereocenters. The van der Waals surface area contributed by atoms with E-state index in [0.717, 1.165) is 12.2 Å². The molecule has 1 aromatic heterocycles. The zero-order chi connectivity index (χ0) is 11.9. The molecule has 0 fully saturated rings. The van der Waals surface area contributed by atoms with Crippen LogP contribution in [-0.4, -0.2) is 17.8 Å². The van der Waals surface area contributed by atoms with Gasteiger partial charge >= 0.3 is 0 Å². The van der Waals surface area contributed by atoms with Crippen molar-refractivity contribution in [3.8, 4) is 0 Å². The second-order valence-electron chi connectivity index (χ2n) is 4.03. The second-order valence-corrected chi connectivity index (χ2v) is 4.03. The quantitative estimate of drug-likeness (QED) is 0.799. The van der Waals surface area contributed by atoms with Crippen molar-refractivity contribution in [3.63, 3.8) is 0 Å². The second kappa shape index (κ2) is 6.23. The molecular formula is C14H17NO2. The lowest BCUT2D eigenvalue weighted by Crippen LogP contribution is -2.33. The van der Waals surface area contributed by atoms with Crippen LogP contribution in [0.4, 0.5) is 0 Å². The van der Waals surface area contributed by atoms with Gasteiger partial charge in [0.2, 0.25) is 0 Å². The number of benzene rings is 1. The van der Waals surface area contributed by atoms with Crippen molar-refractivity contribution in [1.82, 2.24) is 5.32 Å². The molecule has 0 spiro atoms. The summed E-state index contributed by atoms with van der Waals surface area (Å²) in [5.74, 6) is 0.886. The Balaban J connectivity index is 1.85. The van der Waals surface area contributed by atoms with Crippen LogP contribution in [0.5, 0.6) is 0 Å². The Hall–Kier alpha value is -1.58. The van der Waals surface area contributed by atoms with E-state index >= 15 is 0 Å². The van der Waals surface area contributed by atoms with Crippen LogP contribution in [0, 0.1) is 0 Å². The molecule has 17 heavy (non-hydrogen) atoms. The third-order valence-corrected chi connectivity index (χ3v) is 2.69. The molecule has 0 amide bonds. The van der Waals surface area contributed by atoms with Gasteiger partial charge in [0.1, 0.15) is 5.76 Å². The molecule has 0 bridgehead atoms. The number of hydrogen-bond donors (Lipinski definition) is 2. The van der Waals surface area contributed by atoms with Crippen LogP contribution < -0.4 is 5.32 Å². The monoisotopic (exact) mass is 231 g/mol. The number of hydrogen-bond acceptors (Lipinski definition) is 3. The lowest BCUT2D eigenvalue weighted by Gasteiger charge is -2.15. The minimum absolute atomic E-state index is 0.0579. The van der Waals surface area contributed by atoms with Crippen molar-refractivity contribution >= 4 is 0 Å². The summed E-state index contributed by atoms with van der Waals surface area (Å²) < 4.78 is 5.23. The normalized spacial score (nSPS) is 12.5. The highest BCUT2D eigenvalue weighted by atomic mass is 16.3. The maximum absolute atomic E-state index is 9.32. The van der Waals surface area contributed by atoms with E-state index in [2.05, 4.69) is 17.4 Å². The predicted octanol–water partition coefficient (Wildman–Crippen LogP) is 1.97. The fourth-order valence-electron chi connectivity index (χ4n) is 1.76. The Morgan fingerprint density at radius 1 is 1.12 bits per heavy atom. The van der Waals surface area contributed by atoms with E-state index in [-0.39, 0.29) is 12.6 Å². The van der Waals surface area contributed by atoms with Crippen LogP contribution in [0.2, 0.25) is 0 Å². The van der Waals surface area contributed by atoms with E-state index in [9.17, 15) is 5.11 Å². The average Bonchev–Trinajstić information content (AvgIpc) is 2.89. The summed E-state index contributed by atoms with van der Waals surface area (Å²) in [6.45, 7) is 0.765. The molecule has 1 heterocycles. The van der Waals surface area contributed by atoms with Crippen LogP contribution in [0.25, 0.3) is 0 Å². The summed E-state index contributed by atoms with van der Waals surface area (Å²) in [5, 5.41) is 12.6. The first kappa shape index (κ1) is 11.9. The number of nitrogens with one attached hydrogen (secondary N) is 1. The number of rotatable bonds is 6. The van der Waals surface area contributed by atoms with E-state index in [1.807, 2.05) is 30.3 Å². The number of aliphatic hydroxyl groups is 1. The Bertz CT molecular complexity index is 411. The first-order valence-electron chi connectivity index (χ1n) is 5.79. The molecule has 0 aliphatic heterocycles. The third-order valence-electron chi connectivity index (χ3n) is 2.69. The Morgan fingerprint density at radius 2 is 1.94 bits per heavy atom. The van der Waals surface area contributed by atoms with E-state index in [4.69, 9.17) is 4.42 Å². The van der Waals surface area contributed by atoms with Crippen LogP contribution >= 0.6 is 0 Å². The van der Waals surface area contributed by atoms with Crippen LogP contribution in [-0.2, 0) is 13.0 Å². The van der Waals surface area contributed by atoms with E-state index in [1.165, 1.54) is 5.56 Å². The standard InChI is InChI=1S/C14H17NO2/c16-11-13(9-12-5-2-1-3-6-12)15-10-14-7-4-8-17-14/h1-8,13,15-16H,9-11H2/t13-/m0/s1. The predicted molar refractivity (Wildman–Crippen MR) is 66.6 cm³/mol. The van der Waals surface area contributed by atoms with Crippen molar-refractivity contribution in [1.29, 1.82) is 0 Å². The topological polar surface area (TPSA) is 45.4 Å². The summed E-state index contributed by atoms with van der Waals surface area (Å²) in [4.78, 5) is 0. The van der Waals surface area contributed by atoms with Gasteiger partial charge < -0.3 is 14.8 Å². The molecule has 3 heteroatoms. The van der Waals surface area contributed by atoms with Crippen LogP contribution in [0.15, 0.2) is 53.1 Å². The average molecular weight is 231 g/mol. The van der Waals surface area contributed by atoms with Gasteiger partial charge in [0.05, 0.1) is 19.4 Å². The highest BCUT2D eigenvalue weighted by molar-refractivity contribution is 5.16. The van der Waals surface area contributed by atoms with Crippen LogP contribution in [0.1, 0.15) is 11.3 Å². The molecule has 0 unspecified atom stereocenters. The summed E-state index contributed by atoms with van der Waals surface area (Å²) >= 11 is 0. The van der Waals surface area contributed by atoms with Gasteiger partial charge in [0.15, 0.2) is 0 Å². The molecule has 0 saturated heterocycles. The number of aliphatic hydroxyl groups excluding tert-OH is 1. The third kappa shape index (κ3) is 3.73. The van der Waals surface area contributed by atoms with Crippen molar-refractivity contribution < 1.29 is 9.52 Å². The van der Waals surface area contributed by atoms with Gasteiger partial charge in [-0.15, -0.1) is 0 Å². The first-order valence-corrected chi connectivity index (χ1v) is 5.79. The summed E-state index contributed by atoms with van der Waals surface area (Å²) in [6, 6.07) is 14.0. The van der Waals surface area contributed by atoms with E-state index in [1.54, 1.807) is 6.26 Å². The Kier molecular flexibility index (Phi) is 4.36. The minimum atomic E-state index is 0.0579. The van der Waals surface area contributed by atoms with Gasteiger partial charge in [-0.05, 0) is 24.1 Å². The zero-order valence-corrected chi connectivity index (χ0v) is 9.67. The minimum Gasteiger partial charge on any atom is -0.468 e. The Morgan fingerprint density at radius 3 is 2.59 bits per heavy atom. The zero-order valence-electron chi connectivity index (χ0n) is 9.67. The molecule has 2 N–H and O–H groups in total.